The SMILES string of the molecule is O=Cc1ccncc1N1CC(CO)CC1=O. The Bertz CT molecular complexity index is 419. The zero-order valence-corrected chi connectivity index (χ0v) is 8.67. The van der Waals surface area contributed by atoms with Crippen molar-refractivity contribution in [3.8, 4) is 0 Å². The number of anilines is 1. The highest BCUT2D eigenvalue weighted by atomic mass is 16.3. The Balaban J connectivity index is 2.31. The molecule has 0 aliphatic carbocycles. The number of aromatic nitrogens is 1. The summed E-state index contributed by atoms with van der Waals surface area (Å²) in [6, 6.07) is 1.57. The second kappa shape index (κ2) is 4.40. The van der Waals surface area contributed by atoms with Gasteiger partial charge in [-0.25, -0.2) is 0 Å². The lowest BCUT2D eigenvalue weighted by molar-refractivity contribution is -0.117. The fourth-order valence-electron chi connectivity index (χ4n) is 1.86. The molecule has 1 aromatic rings. The van der Waals surface area contributed by atoms with E-state index in [0.717, 1.165) is 0 Å². The third-order valence-electron chi connectivity index (χ3n) is 2.71. The summed E-state index contributed by atoms with van der Waals surface area (Å²) < 4.78 is 0. The van der Waals surface area contributed by atoms with E-state index in [0.29, 0.717) is 30.5 Å². The van der Waals surface area contributed by atoms with E-state index in [1.165, 1.54) is 17.3 Å². The molecule has 0 bridgehead atoms. The molecule has 1 atom stereocenters. The second-order valence-corrected chi connectivity index (χ2v) is 3.81. The van der Waals surface area contributed by atoms with Crippen LogP contribution in [0, 0.1) is 5.92 Å². The van der Waals surface area contributed by atoms with Crippen LogP contribution in [0.5, 0.6) is 0 Å². The maximum atomic E-state index is 11.7. The molecule has 5 nitrogen and oxygen atoms in total. The molecule has 0 spiro atoms. The van der Waals surface area contributed by atoms with E-state index in [4.69, 9.17) is 5.11 Å². The first-order chi connectivity index (χ1) is 7.76. The highest BCUT2D eigenvalue weighted by Gasteiger charge is 2.31. The molecule has 1 saturated heterocycles. The van der Waals surface area contributed by atoms with Gasteiger partial charge < -0.3 is 10.0 Å². The van der Waals surface area contributed by atoms with Crippen LogP contribution in [-0.4, -0.2) is 35.4 Å². The average Bonchev–Trinajstić information content (AvgIpc) is 2.70. The molecular weight excluding hydrogens is 208 g/mol. The van der Waals surface area contributed by atoms with Crippen molar-refractivity contribution in [1.29, 1.82) is 0 Å². The Morgan fingerprint density at radius 2 is 2.44 bits per heavy atom. The monoisotopic (exact) mass is 220 g/mol. The molecule has 0 saturated carbocycles. The van der Waals surface area contributed by atoms with Crippen LogP contribution in [0.1, 0.15) is 16.8 Å². The van der Waals surface area contributed by atoms with E-state index in [1.807, 2.05) is 0 Å². The summed E-state index contributed by atoms with van der Waals surface area (Å²) >= 11 is 0. The Labute approximate surface area is 92.7 Å². The van der Waals surface area contributed by atoms with Crippen molar-refractivity contribution in [2.75, 3.05) is 18.1 Å². The van der Waals surface area contributed by atoms with Crippen molar-refractivity contribution in [3.05, 3.63) is 24.0 Å². The summed E-state index contributed by atoms with van der Waals surface area (Å²) in [4.78, 5) is 27.9. The Morgan fingerprint density at radius 1 is 1.62 bits per heavy atom. The molecule has 1 amide bonds. The van der Waals surface area contributed by atoms with Gasteiger partial charge in [0.1, 0.15) is 0 Å². The van der Waals surface area contributed by atoms with Gasteiger partial charge in [-0.3, -0.25) is 14.6 Å². The van der Waals surface area contributed by atoms with E-state index in [9.17, 15) is 9.59 Å². The number of hydrogen-bond donors (Lipinski definition) is 1. The van der Waals surface area contributed by atoms with Crippen molar-refractivity contribution >= 4 is 17.9 Å². The lowest BCUT2D eigenvalue weighted by Gasteiger charge is -2.17. The number of aldehydes is 1. The number of hydrogen-bond acceptors (Lipinski definition) is 4. The molecule has 2 rings (SSSR count). The predicted octanol–water partition coefficient (Wildman–Crippen LogP) is 0.239. The van der Waals surface area contributed by atoms with Crippen LogP contribution in [0.3, 0.4) is 0 Å². The molecule has 2 heterocycles. The summed E-state index contributed by atoms with van der Waals surface area (Å²) in [6.07, 6.45) is 4.04. The van der Waals surface area contributed by atoms with Crippen LogP contribution >= 0.6 is 0 Å². The molecular formula is C11H12N2O3. The maximum absolute atomic E-state index is 11.7. The van der Waals surface area contributed by atoms with Gasteiger partial charge in [0.25, 0.3) is 0 Å². The lowest BCUT2D eigenvalue weighted by Crippen LogP contribution is -2.26. The molecule has 0 aromatic carbocycles. The lowest BCUT2D eigenvalue weighted by atomic mass is 10.1. The van der Waals surface area contributed by atoms with E-state index in [1.54, 1.807) is 6.07 Å². The zero-order chi connectivity index (χ0) is 11.5. The van der Waals surface area contributed by atoms with Crippen molar-refractivity contribution < 1.29 is 14.7 Å². The molecule has 1 aliphatic rings. The Morgan fingerprint density at radius 3 is 3.06 bits per heavy atom. The van der Waals surface area contributed by atoms with Gasteiger partial charge in [0.15, 0.2) is 6.29 Å². The fourth-order valence-corrected chi connectivity index (χ4v) is 1.86. The number of amides is 1. The van der Waals surface area contributed by atoms with Gasteiger partial charge in [0.2, 0.25) is 5.91 Å². The van der Waals surface area contributed by atoms with Crippen molar-refractivity contribution in [2.24, 2.45) is 5.92 Å². The zero-order valence-electron chi connectivity index (χ0n) is 8.67. The first kappa shape index (κ1) is 10.8. The fraction of sp³-hybridized carbons (Fsp3) is 0.364. The van der Waals surface area contributed by atoms with E-state index in [-0.39, 0.29) is 18.4 Å². The minimum atomic E-state index is -0.0739. The van der Waals surface area contributed by atoms with E-state index in [2.05, 4.69) is 4.98 Å². The van der Waals surface area contributed by atoms with Crippen LogP contribution in [0.25, 0.3) is 0 Å². The summed E-state index contributed by atoms with van der Waals surface area (Å²) in [5.74, 6) is -0.123. The van der Waals surface area contributed by atoms with Gasteiger partial charge in [-0.1, -0.05) is 0 Å². The Hall–Kier alpha value is -1.75. The number of carbonyl (C=O) groups excluding carboxylic acids is 2. The second-order valence-electron chi connectivity index (χ2n) is 3.81. The number of nitrogens with zero attached hydrogens (tertiary/aromatic N) is 2. The summed E-state index contributed by atoms with van der Waals surface area (Å²) in [5.41, 5.74) is 0.973. The molecule has 1 N–H and O–H groups in total. The molecule has 84 valence electrons. The highest BCUT2D eigenvalue weighted by Crippen LogP contribution is 2.26. The molecule has 5 heteroatoms. The number of carbonyl (C=O) groups is 2. The third kappa shape index (κ3) is 1.81. The number of pyridine rings is 1. The smallest absolute Gasteiger partial charge is 0.227 e. The molecule has 1 aliphatic heterocycles. The summed E-state index contributed by atoms with van der Waals surface area (Å²) in [5, 5.41) is 9.01. The van der Waals surface area contributed by atoms with Gasteiger partial charge in [0, 0.05) is 37.3 Å². The number of rotatable bonds is 3. The van der Waals surface area contributed by atoms with Gasteiger partial charge in [-0.2, -0.15) is 0 Å². The van der Waals surface area contributed by atoms with Crippen molar-refractivity contribution in [1.82, 2.24) is 4.98 Å². The predicted molar refractivity (Wildman–Crippen MR) is 57.2 cm³/mol. The quantitative estimate of drug-likeness (QED) is 0.741. The Kier molecular flexibility index (Phi) is 2.96. The normalized spacial score (nSPS) is 20.2. The van der Waals surface area contributed by atoms with Crippen LogP contribution in [0.2, 0.25) is 0 Å². The van der Waals surface area contributed by atoms with Gasteiger partial charge in [-0.05, 0) is 6.07 Å². The maximum Gasteiger partial charge on any atom is 0.227 e. The molecule has 0 radical (unpaired) electrons. The molecule has 1 aromatic heterocycles. The summed E-state index contributed by atoms with van der Waals surface area (Å²) in [7, 11) is 0. The van der Waals surface area contributed by atoms with Crippen LogP contribution in [0.15, 0.2) is 18.5 Å². The summed E-state index contributed by atoms with van der Waals surface area (Å²) in [6.45, 7) is 0.431. The van der Waals surface area contributed by atoms with Gasteiger partial charge in [-0.15, -0.1) is 0 Å². The topological polar surface area (TPSA) is 70.5 Å². The average molecular weight is 220 g/mol. The molecule has 1 fully saturated rings. The molecule has 1 unspecified atom stereocenters. The van der Waals surface area contributed by atoms with Crippen LogP contribution in [-0.2, 0) is 4.79 Å². The third-order valence-corrected chi connectivity index (χ3v) is 2.71. The van der Waals surface area contributed by atoms with Gasteiger partial charge >= 0.3 is 0 Å². The number of aliphatic hydroxyl groups excluding tert-OH is 1. The number of aliphatic hydroxyl groups is 1. The first-order valence-corrected chi connectivity index (χ1v) is 5.06. The minimum Gasteiger partial charge on any atom is -0.396 e. The highest BCUT2D eigenvalue weighted by molar-refractivity contribution is 5.99. The van der Waals surface area contributed by atoms with Crippen LogP contribution in [0.4, 0.5) is 5.69 Å². The largest absolute Gasteiger partial charge is 0.396 e. The molecule has 16 heavy (non-hydrogen) atoms. The van der Waals surface area contributed by atoms with Crippen molar-refractivity contribution in [2.45, 2.75) is 6.42 Å². The van der Waals surface area contributed by atoms with E-state index < -0.39 is 0 Å². The van der Waals surface area contributed by atoms with Crippen LogP contribution < -0.4 is 4.90 Å². The minimum absolute atomic E-state index is 0.0150. The first-order valence-electron chi connectivity index (χ1n) is 5.06. The van der Waals surface area contributed by atoms with Crippen molar-refractivity contribution in [3.63, 3.8) is 0 Å². The van der Waals surface area contributed by atoms with Gasteiger partial charge in [0.05, 0.1) is 11.9 Å². The standard InChI is InChI=1S/C11H12N2O3/c14-6-8-3-11(16)13(5-8)10-4-12-2-1-9(10)7-15/h1-2,4,7-8,14H,3,5-6H2. The van der Waals surface area contributed by atoms with E-state index >= 15 is 0 Å².